The Bertz CT molecular complexity index is 320. The Morgan fingerprint density at radius 1 is 1.40 bits per heavy atom. The molecular formula is C12H15NO2. The molecule has 0 spiro atoms. The van der Waals surface area contributed by atoms with Crippen molar-refractivity contribution < 1.29 is 9.53 Å². The average Bonchev–Trinajstić information content (AvgIpc) is 2.28. The summed E-state index contributed by atoms with van der Waals surface area (Å²) in [4.78, 5) is 11.2. The fourth-order valence-electron chi connectivity index (χ4n) is 1.07. The molecule has 1 amide bonds. The van der Waals surface area contributed by atoms with Gasteiger partial charge in [-0.15, -0.1) is 0 Å². The maximum absolute atomic E-state index is 11.2. The highest BCUT2D eigenvalue weighted by atomic mass is 16.5. The van der Waals surface area contributed by atoms with E-state index in [4.69, 9.17) is 4.74 Å². The van der Waals surface area contributed by atoms with E-state index in [0.717, 1.165) is 5.56 Å². The van der Waals surface area contributed by atoms with E-state index in [9.17, 15) is 4.79 Å². The van der Waals surface area contributed by atoms with Crippen molar-refractivity contribution in [1.29, 1.82) is 0 Å². The monoisotopic (exact) mass is 205 g/mol. The van der Waals surface area contributed by atoms with Crippen LogP contribution >= 0.6 is 0 Å². The zero-order valence-corrected chi connectivity index (χ0v) is 8.77. The Morgan fingerprint density at radius 2 is 2.13 bits per heavy atom. The van der Waals surface area contributed by atoms with Crippen LogP contribution in [0.25, 0.3) is 6.08 Å². The highest BCUT2D eigenvalue weighted by Crippen LogP contribution is 2.00. The number of benzene rings is 1. The molecule has 1 N–H and O–H groups in total. The van der Waals surface area contributed by atoms with Crippen LogP contribution in [0.4, 0.5) is 0 Å². The van der Waals surface area contributed by atoms with Gasteiger partial charge in [0.05, 0.1) is 6.61 Å². The van der Waals surface area contributed by atoms with Crippen LogP contribution in [0, 0.1) is 0 Å². The molecule has 3 heteroatoms. The molecule has 0 heterocycles. The van der Waals surface area contributed by atoms with Gasteiger partial charge in [0.15, 0.2) is 0 Å². The third kappa shape index (κ3) is 4.98. The number of hydrogen-bond donors (Lipinski definition) is 1. The van der Waals surface area contributed by atoms with Crippen LogP contribution in [-0.4, -0.2) is 26.2 Å². The SMILES string of the molecule is COCCNC(=O)C=Cc1ccccc1. The second kappa shape index (κ2) is 6.79. The Labute approximate surface area is 89.8 Å². The van der Waals surface area contributed by atoms with Crippen molar-refractivity contribution in [2.24, 2.45) is 0 Å². The van der Waals surface area contributed by atoms with Crippen molar-refractivity contribution >= 4 is 12.0 Å². The fraction of sp³-hybridized carbons (Fsp3) is 0.250. The second-order valence-electron chi connectivity index (χ2n) is 3.03. The van der Waals surface area contributed by atoms with Crippen LogP contribution < -0.4 is 5.32 Å². The van der Waals surface area contributed by atoms with E-state index in [0.29, 0.717) is 13.2 Å². The lowest BCUT2D eigenvalue weighted by Crippen LogP contribution is -2.24. The summed E-state index contributed by atoms with van der Waals surface area (Å²) in [6, 6.07) is 9.69. The van der Waals surface area contributed by atoms with E-state index in [1.54, 1.807) is 13.2 Å². The number of carbonyl (C=O) groups is 1. The third-order valence-electron chi connectivity index (χ3n) is 1.83. The molecular weight excluding hydrogens is 190 g/mol. The highest BCUT2D eigenvalue weighted by molar-refractivity contribution is 5.91. The zero-order valence-electron chi connectivity index (χ0n) is 8.77. The van der Waals surface area contributed by atoms with E-state index in [1.807, 2.05) is 30.3 Å². The topological polar surface area (TPSA) is 38.3 Å². The van der Waals surface area contributed by atoms with E-state index in [2.05, 4.69) is 5.32 Å². The van der Waals surface area contributed by atoms with Gasteiger partial charge in [-0.3, -0.25) is 4.79 Å². The molecule has 0 aliphatic rings. The van der Waals surface area contributed by atoms with Crippen molar-refractivity contribution in [3.8, 4) is 0 Å². The van der Waals surface area contributed by atoms with Gasteiger partial charge < -0.3 is 10.1 Å². The summed E-state index contributed by atoms with van der Waals surface area (Å²) in [6.45, 7) is 1.07. The van der Waals surface area contributed by atoms with Crippen molar-refractivity contribution in [3.05, 3.63) is 42.0 Å². The molecule has 3 nitrogen and oxygen atoms in total. The first kappa shape index (κ1) is 11.5. The summed E-state index contributed by atoms with van der Waals surface area (Å²) in [7, 11) is 1.60. The average molecular weight is 205 g/mol. The lowest BCUT2D eigenvalue weighted by molar-refractivity contribution is -0.116. The van der Waals surface area contributed by atoms with Gasteiger partial charge in [-0.05, 0) is 11.6 Å². The molecule has 0 saturated carbocycles. The predicted molar refractivity (Wildman–Crippen MR) is 60.4 cm³/mol. The lowest BCUT2D eigenvalue weighted by atomic mass is 10.2. The van der Waals surface area contributed by atoms with Crippen molar-refractivity contribution in [2.45, 2.75) is 0 Å². The Balaban J connectivity index is 2.34. The number of rotatable bonds is 5. The molecule has 1 aromatic carbocycles. The summed E-state index contributed by atoms with van der Waals surface area (Å²) in [5.41, 5.74) is 1.01. The van der Waals surface area contributed by atoms with Crippen LogP contribution in [-0.2, 0) is 9.53 Å². The second-order valence-corrected chi connectivity index (χ2v) is 3.03. The van der Waals surface area contributed by atoms with E-state index in [-0.39, 0.29) is 5.91 Å². The van der Waals surface area contributed by atoms with Gasteiger partial charge in [-0.25, -0.2) is 0 Å². The van der Waals surface area contributed by atoms with Crippen molar-refractivity contribution in [2.75, 3.05) is 20.3 Å². The molecule has 0 saturated heterocycles. The van der Waals surface area contributed by atoms with Gasteiger partial charge >= 0.3 is 0 Å². The third-order valence-corrected chi connectivity index (χ3v) is 1.83. The standard InChI is InChI=1S/C12H15NO2/c1-15-10-9-13-12(14)8-7-11-5-3-2-4-6-11/h2-8H,9-10H2,1H3,(H,13,14). The summed E-state index contributed by atoms with van der Waals surface area (Å²) < 4.78 is 4.82. The molecule has 80 valence electrons. The Hall–Kier alpha value is -1.61. The zero-order chi connectivity index (χ0) is 10.9. The van der Waals surface area contributed by atoms with Crippen LogP contribution in [0.2, 0.25) is 0 Å². The highest BCUT2D eigenvalue weighted by Gasteiger charge is 1.93. The van der Waals surface area contributed by atoms with Crippen LogP contribution in [0.15, 0.2) is 36.4 Å². The maximum Gasteiger partial charge on any atom is 0.244 e. The Morgan fingerprint density at radius 3 is 2.80 bits per heavy atom. The number of hydrogen-bond acceptors (Lipinski definition) is 2. The van der Waals surface area contributed by atoms with Crippen molar-refractivity contribution in [1.82, 2.24) is 5.32 Å². The number of methoxy groups -OCH3 is 1. The first-order valence-corrected chi connectivity index (χ1v) is 4.83. The number of carbonyl (C=O) groups excluding carboxylic acids is 1. The number of nitrogens with one attached hydrogen (secondary N) is 1. The predicted octanol–water partition coefficient (Wildman–Crippen LogP) is 1.46. The molecule has 0 unspecified atom stereocenters. The van der Waals surface area contributed by atoms with Crippen LogP contribution in [0.5, 0.6) is 0 Å². The maximum atomic E-state index is 11.2. The molecule has 15 heavy (non-hydrogen) atoms. The minimum atomic E-state index is -0.101. The minimum Gasteiger partial charge on any atom is -0.383 e. The molecule has 1 rings (SSSR count). The molecule has 0 radical (unpaired) electrons. The molecule has 0 atom stereocenters. The summed E-state index contributed by atoms with van der Waals surface area (Å²) in [6.07, 6.45) is 3.30. The number of ether oxygens (including phenoxy) is 1. The largest absolute Gasteiger partial charge is 0.383 e. The van der Waals surface area contributed by atoms with Gasteiger partial charge in [0.1, 0.15) is 0 Å². The molecule has 0 aliphatic carbocycles. The fourth-order valence-corrected chi connectivity index (χ4v) is 1.07. The van der Waals surface area contributed by atoms with Gasteiger partial charge in [0, 0.05) is 19.7 Å². The first-order chi connectivity index (χ1) is 7.33. The molecule has 0 aromatic heterocycles. The minimum absolute atomic E-state index is 0.101. The van der Waals surface area contributed by atoms with Crippen LogP contribution in [0.1, 0.15) is 5.56 Å². The van der Waals surface area contributed by atoms with Gasteiger partial charge in [-0.2, -0.15) is 0 Å². The summed E-state index contributed by atoms with van der Waals surface area (Å²) in [5.74, 6) is -0.101. The molecule has 0 bridgehead atoms. The van der Waals surface area contributed by atoms with Gasteiger partial charge in [0.2, 0.25) is 5.91 Å². The van der Waals surface area contributed by atoms with Crippen LogP contribution in [0.3, 0.4) is 0 Å². The Kier molecular flexibility index (Phi) is 5.19. The quantitative estimate of drug-likeness (QED) is 0.584. The van der Waals surface area contributed by atoms with E-state index in [1.165, 1.54) is 6.08 Å². The summed E-state index contributed by atoms with van der Waals surface area (Å²) in [5, 5.41) is 2.70. The van der Waals surface area contributed by atoms with Crippen molar-refractivity contribution in [3.63, 3.8) is 0 Å². The van der Waals surface area contributed by atoms with Gasteiger partial charge in [-0.1, -0.05) is 30.3 Å². The normalized spacial score (nSPS) is 10.5. The molecule has 1 aromatic rings. The van der Waals surface area contributed by atoms with E-state index < -0.39 is 0 Å². The number of amides is 1. The summed E-state index contributed by atoms with van der Waals surface area (Å²) >= 11 is 0. The lowest BCUT2D eigenvalue weighted by Gasteiger charge is -1.99. The van der Waals surface area contributed by atoms with Gasteiger partial charge in [0.25, 0.3) is 0 Å². The molecule has 0 fully saturated rings. The smallest absolute Gasteiger partial charge is 0.244 e. The van der Waals surface area contributed by atoms with E-state index >= 15 is 0 Å². The molecule has 0 aliphatic heterocycles. The first-order valence-electron chi connectivity index (χ1n) is 4.83.